The molecule has 1 aromatic heterocycles. The maximum atomic E-state index is 12.7. The first-order valence-corrected chi connectivity index (χ1v) is 10.1. The third kappa shape index (κ3) is 4.75. The van der Waals surface area contributed by atoms with Gasteiger partial charge in [-0.3, -0.25) is 14.4 Å². The minimum absolute atomic E-state index is 0.283. The van der Waals surface area contributed by atoms with Crippen LogP contribution >= 0.6 is 11.3 Å². The van der Waals surface area contributed by atoms with Crippen molar-refractivity contribution >= 4 is 39.8 Å². The summed E-state index contributed by atoms with van der Waals surface area (Å²) in [6.45, 7) is 3.52. The summed E-state index contributed by atoms with van der Waals surface area (Å²) in [5.74, 6) is -1.00. The second-order valence-electron chi connectivity index (χ2n) is 7.16. The van der Waals surface area contributed by atoms with E-state index in [1.807, 2.05) is 23.6 Å². The van der Waals surface area contributed by atoms with Gasteiger partial charge in [-0.05, 0) is 67.3 Å². The second-order valence-corrected chi connectivity index (χ2v) is 8.11. The van der Waals surface area contributed by atoms with Crippen molar-refractivity contribution < 1.29 is 19.1 Å². The van der Waals surface area contributed by atoms with Crippen LogP contribution in [-0.2, 0) is 14.9 Å². The Morgan fingerprint density at radius 3 is 2.17 bits per heavy atom. The molecule has 0 aliphatic carbocycles. The van der Waals surface area contributed by atoms with Gasteiger partial charge in [0, 0.05) is 16.8 Å². The quantitative estimate of drug-likeness (QED) is 0.564. The van der Waals surface area contributed by atoms with E-state index in [9.17, 15) is 14.4 Å². The van der Waals surface area contributed by atoms with E-state index in [1.165, 1.54) is 18.4 Å². The van der Waals surface area contributed by atoms with E-state index in [0.29, 0.717) is 16.8 Å². The van der Waals surface area contributed by atoms with Gasteiger partial charge in [0.15, 0.2) is 0 Å². The number of hydrogen-bond acceptors (Lipinski definition) is 5. The average molecular weight is 423 g/mol. The third-order valence-corrected chi connectivity index (χ3v) is 5.47. The van der Waals surface area contributed by atoms with Gasteiger partial charge in [-0.25, -0.2) is 0 Å². The molecule has 0 aliphatic heterocycles. The van der Waals surface area contributed by atoms with Crippen LogP contribution < -0.4 is 10.6 Å². The summed E-state index contributed by atoms with van der Waals surface area (Å²) >= 11 is 1.42. The van der Waals surface area contributed by atoms with Gasteiger partial charge in [0.05, 0.1) is 17.5 Å². The zero-order valence-electron chi connectivity index (χ0n) is 16.9. The number of carbonyl (C=O) groups excluding carboxylic acids is 3. The zero-order valence-corrected chi connectivity index (χ0v) is 17.7. The maximum Gasteiger partial charge on any atom is 0.315 e. The predicted molar refractivity (Wildman–Crippen MR) is 118 cm³/mol. The van der Waals surface area contributed by atoms with Gasteiger partial charge in [-0.15, -0.1) is 11.3 Å². The van der Waals surface area contributed by atoms with E-state index in [1.54, 1.807) is 56.3 Å². The number of carbonyl (C=O) groups is 3. The molecule has 6 nitrogen and oxygen atoms in total. The molecule has 0 bridgehead atoms. The van der Waals surface area contributed by atoms with E-state index in [2.05, 4.69) is 10.6 Å². The van der Waals surface area contributed by atoms with Gasteiger partial charge >= 0.3 is 5.97 Å². The fourth-order valence-corrected chi connectivity index (χ4v) is 3.51. The van der Waals surface area contributed by atoms with Crippen molar-refractivity contribution in [1.29, 1.82) is 0 Å². The van der Waals surface area contributed by atoms with Crippen LogP contribution in [0.25, 0.3) is 0 Å². The first kappa shape index (κ1) is 21.3. The highest BCUT2D eigenvalue weighted by Crippen LogP contribution is 2.27. The number of methoxy groups -OCH3 is 1. The number of benzene rings is 2. The lowest BCUT2D eigenvalue weighted by Gasteiger charge is -2.22. The van der Waals surface area contributed by atoms with Crippen molar-refractivity contribution in [2.45, 2.75) is 19.3 Å². The van der Waals surface area contributed by atoms with Crippen molar-refractivity contribution in [2.75, 3.05) is 17.7 Å². The fraction of sp³-hybridized carbons (Fsp3) is 0.174. The lowest BCUT2D eigenvalue weighted by Crippen LogP contribution is -2.30. The molecule has 7 heteroatoms. The highest BCUT2D eigenvalue weighted by Gasteiger charge is 2.31. The number of rotatable bonds is 6. The Morgan fingerprint density at radius 2 is 1.53 bits per heavy atom. The number of nitrogens with one attached hydrogen (secondary N) is 2. The van der Waals surface area contributed by atoms with Crippen molar-refractivity contribution in [3.63, 3.8) is 0 Å². The molecular weight excluding hydrogens is 400 g/mol. The number of amides is 2. The SMILES string of the molecule is COC(=O)C(C)(C)c1cccc(NC(=O)c2cccc(C(=O)Nc3cccs3)c2)c1. The van der Waals surface area contributed by atoms with Crippen molar-refractivity contribution in [1.82, 2.24) is 0 Å². The molecule has 0 saturated carbocycles. The van der Waals surface area contributed by atoms with Gasteiger partial charge in [0.2, 0.25) is 0 Å². The highest BCUT2D eigenvalue weighted by atomic mass is 32.1. The minimum atomic E-state index is -0.852. The maximum absolute atomic E-state index is 12.7. The number of anilines is 2. The lowest BCUT2D eigenvalue weighted by atomic mass is 9.84. The summed E-state index contributed by atoms with van der Waals surface area (Å²) in [7, 11) is 1.34. The molecule has 3 aromatic rings. The lowest BCUT2D eigenvalue weighted by molar-refractivity contribution is -0.146. The van der Waals surface area contributed by atoms with Gasteiger partial charge in [-0.1, -0.05) is 18.2 Å². The summed E-state index contributed by atoms with van der Waals surface area (Å²) in [5.41, 5.74) is 1.15. The van der Waals surface area contributed by atoms with Crippen LogP contribution in [0.4, 0.5) is 10.7 Å². The molecule has 2 N–H and O–H groups in total. The van der Waals surface area contributed by atoms with Crippen molar-refractivity contribution in [2.24, 2.45) is 0 Å². The second kappa shape index (κ2) is 8.92. The van der Waals surface area contributed by atoms with Crippen molar-refractivity contribution in [3.8, 4) is 0 Å². The predicted octanol–water partition coefficient (Wildman–Crippen LogP) is 4.70. The number of esters is 1. The topological polar surface area (TPSA) is 84.5 Å². The molecule has 30 heavy (non-hydrogen) atoms. The molecule has 3 rings (SSSR count). The Bertz CT molecular complexity index is 1070. The zero-order chi connectivity index (χ0) is 21.7. The summed E-state index contributed by atoms with van der Waals surface area (Å²) in [5, 5.41) is 8.22. The van der Waals surface area contributed by atoms with Gasteiger partial charge in [0.25, 0.3) is 11.8 Å². The monoisotopic (exact) mass is 422 g/mol. The van der Waals surface area contributed by atoms with E-state index < -0.39 is 5.41 Å². The summed E-state index contributed by atoms with van der Waals surface area (Å²) < 4.78 is 4.87. The van der Waals surface area contributed by atoms with Crippen LogP contribution in [0.1, 0.15) is 40.1 Å². The Hall–Kier alpha value is -3.45. The smallest absolute Gasteiger partial charge is 0.315 e. The van der Waals surface area contributed by atoms with Gasteiger partial charge in [-0.2, -0.15) is 0 Å². The molecule has 2 aromatic carbocycles. The molecule has 0 saturated heterocycles. The first-order chi connectivity index (χ1) is 14.3. The van der Waals surface area contributed by atoms with Crippen LogP contribution in [0.2, 0.25) is 0 Å². The molecule has 0 unspecified atom stereocenters. The molecule has 0 fully saturated rings. The van der Waals surface area contributed by atoms with Crippen LogP contribution in [0.5, 0.6) is 0 Å². The van der Waals surface area contributed by atoms with E-state index in [-0.39, 0.29) is 17.8 Å². The number of thiophene rings is 1. The fourth-order valence-electron chi connectivity index (χ4n) is 2.90. The van der Waals surface area contributed by atoms with E-state index >= 15 is 0 Å². The largest absolute Gasteiger partial charge is 0.468 e. The summed E-state index contributed by atoms with van der Waals surface area (Å²) in [6.07, 6.45) is 0. The van der Waals surface area contributed by atoms with Crippen LogP contribution in [0, 0.1) is 0 Å². The Morgan fingerprint density at radius 1 is 0.867 bits per heavy atom. The summed E-state index contributed by atoms with van der Waals surface area (Å²) in [4.78, 5) is 37.2. The molecule has 154 valence electrons. The van der Waals surface area contributed by atoms with Gasteiger partial charge in [0.1, 0.15) is 0 Å². The molecule has 0 spiro atoms. The molecule has 2 amide bonds. The molecule has 1 heterocycles. The van der Waals surface area contributed by atoms with Crippen LogP contribution in [0.3, 0.4) is 0 Å². The first-order valence-electron chi connectivity index (χ1n) is 9.26. The third-order valence-electron chi connectivity index (χ3n) is 4.68. The normalized spacial score (nSPS) is 10.9. The highest BCUT2D eigenvalue weighted by molar-refractivity contribution is 7.14. The number of ether oxygens (including phenoxy) is 1. The molecule has 0 aliphatic rings. The van der Waals surface area contributed by atoms with E-state index in [4.69, 9.17) is 4.74 Å². The van der Waals surface area contributed by atoms with Crippen molar-refractivity contribution in [3.05, 3.63) is 82.7 Å². The molecular formula is C23H22N2O4S. The Labute approximate surface area is 178 Å². The van der Waals surface area contributed by atoms with E-state index in [0.717, 1.165) is 10.6 Å². The average Bonchev–Trinajstić information content (AvgIpc) is 3.26. The minimum Gasteiger partial charge on any atom is -0.468 e. The summed E-state index contributed by atoms with van der Waals surface area (Å²) in [6, 6.07) is 17.2. The molecule has 0 atom stereocenters. The molecule has 0 radical (unpaired) electrons. The van der Waals surface area contributed by atoms with Gasteiger partial charge < -0.3 is 15.4 Å². The standard InChI is InChI=1S/C23H22N2O4S/c1-23(2,22(28)29-3)17-9-5-10-18(14-17)24-20(26)15-7-4-8-16(13-15)21(27)25-19-11-6-12-30-19/h4-14H,1-3H3,(H,24,26)(H,25,27). The Kier molecular flexibility index (Phi) is 6.32. The number of hydrogen-bond donors (Lipinski definition) is 2. The van der Waals surface area contributed by atoms with Crippen LogP contribution in [-0.4, -0.2) is 24.9 Å². The van der Waals surface area contributed by atoms with Crippen LogP contribution in [0.15, 0.2) is 66.0 Å². The Balaban J connectivity index is 1.76.